The van der Waals surface area contributed by atoms with E-state index < -0.39 is 0 Å². The molecule has 7 heteroatoms. The van der Waals surface area contributed by atoms with Crippen LogP contribution in [0.5, 0.6) is 11.5 Å². The first-order chi connectivity index (χ1) is 17.8. The molecule has 1 aromatic heterocycles. The van der Waals surface area contributed by atoms with Crippen molar-refractivity contribution in [2.24, 2.45) is 10.2 Å². The zero-order valence-corrected chi connectivity index (χ0v) is 20.0. The SMILES string of the molecule is Oc1c(C=C2N=Nc3ccccc32)oc2c(CN3CCNCC3)c(OCCc3ccccc3)ccc12. The van der Waals surface area contributed by atoms with Crippen LogP contribution in [0, 0.1) is 0 Å². The van der Waals surface area contributed by atoms with Crippen LogP contribution in [0.25, 0.3) is 22.7 Å². The van der Waals surface area contributed by atoms with Gasteiger partial charge in [-0.05, 0) is 23.8 Å². The molecule has 36 heavy (non-hydrogen) atoms. The fraction of sp³-hybridized carbons (Fsp3) is 0.241. The molecule has 6 rings (SSSR count). The molecule has 3 aromatic carbocycles. The molecule has 4 aromatic rings. The van der Waals surface area contributed by atoms with Gasteiger partial charge in [0.25, 0.3) is 0 Å². The van der Waals surface area contributed by atoms with Crippen LogP contribution in [0.15, 0.2) is 81.4 Å². The van der Waals surface area contributed by atoms with E-state index in [1.54, 1.807) is 6.08 Å². The van der Waals surface area contributed by atoms with Crippen LogP contribution in [0.4, 0.5) is 5.69 Å². The minimum atomic E-state index is 0.106. The molecule has 0 amide bonds. The Kier molecular flexibility index (Phi) is 6.24. The summed E-state index contributed by atoms with van der Waals surface area (Å²) in [7, 11) is 0. The highest BCUT2D eigenvalue weighted by atomic mass is 16.5. The third kappa shape index (κ3) is 4.51. The van der Waals surface area contributed by atoms with Gasteiger partial charge in [-0.15, -0.1) is 10.2 Å². The smallest absolute Gasteiger partial charge is 0.172 e. The van der Waals surface area contributed by atoms with E-state index in [0.29, 0.717) is 35.6 Å². The third-order valence-electron chi connectivity index (χ3n) is 6.71. The molecular weight excluding hydrogens is 452 g/mol. The molecule has 3 heterocycles. The second-order valence-electron chi connectivity index (χ2n) is 9.09. The van der Waals surface area contributed by atoms with Crippen LogP contribution >= 0.6 is 0 Å². The van der Waals surface area contributed by atoms with E-state index in [2.05, 4.69) is 32.6 Å². The molecule has 182 valence electrons. The van der Waals surface area contributed by atoms with Crippen molar-refractivity contribution in [3.8, 4) is 11.5 Å². The summed E-state index contributed by atoms with van der Waals surface area (Å²) in [6.45, 7) is 5.04. The van der Waals surface area contributed by atoms with Gasteiger partial charge in [0.05, 0.1) is 28.9 Å². The van der Waals surface area contributed by atoms with Crippen molar-refractivity contribution in [1.82, 2.24) is 10.2 Å². The van der Waals surface area contributed by atoms with Gasteiger partial charge in [0, 0.05) is 50.8 Å². The predicted molar refractivity (Wildman–Crippen MR) is 140 cm³/mol. The zero-order valence-electron chi connectivity index (χ0n) is 20.0. The number of aromatic hydroxyl groups is 1. The highest BCUT2D eigenvalue weighted by Crippen LogP contribution is 2.42. The molecule has 0 aliphatic carbocycles. The predicted octanol–water partition coefficient (Wildman–Crippen LogP) is 5.76. The number of fused-ring (bicyclic) bond motifs is 2. The maximum atomic E-state index is 11.1. The van der Waals surface area contributed by atoms with Crippen molar-refractivity contribution in [3.05, 3.63) is 89.2 Å². The molecule has 0 radical (unpaired) electrons. The number of hydrogen-bond donors (Lipinski definition) is 2. The normalized spacial score (nSPS) is 16.6. The lowest BCUT2D eigenvalue weighted by atomic mass is 10.1. The van der Waals surface area contributed by atoms with Gasteiger partial charge >= 0.3 is 0 Å². The number of azo groups is 1. The molecular formula is C29H28N4O3. The fourth-order valence-corrected chi connectivity index (χ4v) is 4.77. The van der Waals surface area contributed by atoms with E-state index in [0.717, 1.165) is 55.2 Å². The number of ether oxygens (including phenoxy) is 1. The van der Waals surface area contributed by atoms with Crippen molar-refractivity contribution in [1.29, 1.82) is 0 Å². The number of hydrogen-bond acceptors (Lipinski definition) is 7. The molecule has 1 saturated heterocycles. The van der Waals surface area contributed by atoms with E-state index in [9.17, 15) is 5.11 Å². The van der Waals surface area contributed by atoms with E-state index in [1.165, 1.54) is 5.56 Å². The Morgan fingerprint density at radius 1 is 0.972 bits per heavy atom. The summed E-state index contributed by atoms with van der Waals surface area (Å²) in [6, 6.07) is 21.9. The standard InChI is InChI=1S/C29H28N4O3/c34-28-22-10-11-26(35-17-12-20-6-2-1-3-7-20)23(19-33-15-13-30-14-16-33)29(22)36-27(28)18-25-21-8-4-5-9-24(21)31-32-25/h1-11,18,30,34H,12-17,19H2. The molecule has 0 atom stereocenters. The maximum absolute atomic E-state index is 11.1. The zero-order chi connectivity index (χ0) is 24.3. The molecule has 0 spiro atoms. The lowest BCUT2D eigenvalue weighted by Gasteiger charge is -2.27. The van der Waals surface area contributed by atoms with Gasteiger partial charge in [0.2, 0.25) is 0 Å². The summed E-state index contributed by atoms with van der Waals surface area (Å²) in [6.07, 6.45) is 2.58. The number of furan rings is 1. The van der Waals surface area contributed by atoms with Crippen LogP contribution in [0.1, 0.15) is 22.5 Å². The average Bonchev–Trinajstić information content (AvgIpc) is 3.47. The van der Waals surface area contributed by atoms with E-state index >= 15 is 0 Å². The van der Waals surface area contributed by atoms with Crippen molar-refractivity contribution in [2.45, 2.75) is 13.0 Å². The highest BCUT2D eigenvalue weighted by molar-refractivity contribution is 5.95. The average molecular weight is 481 g/mol. The van der Waals surface area contributed by atoms with Gasteiger partial charge < -0.3 is 19.6 Å². The van der Waals surface area contributed by atoms with Crippen molar-refractivity contribution in [3.63, 3.8) is 0 Å². The Bertz CT molecular complexity index is 1440. The second-order valence-corrected chi connectivity index (χ2v) is 9.09. The first kappa shape index (κ1) is 22.5. The molecule has 2 N–H and O–H groups in total. The lowest BCUT2D eigenvalue weighted by molar-refractivity contribution is 0.227. The largest absolute Gasteiger partial charge is 0.504 e. The van der Waals surface area contributed by atoms with Crippen LogP contribution in [-0.2, 0) is 13.0 Å². The quantitative estimate of drug-likeness (QED) is 0.351. The Labute approximate surface area is 209 Å². The molecule has 0 bridgehead atoms. The minimum Gasteiger partial charge on any atom is -0.504 e. The van der Waals surface area contributed by atoms with Crippen molar-refractivity contribution >= 4 is 28.4 Å². The van der Waals surface area contributed by atoms with Crippen LogP contribution in [-0.4, -0.2) is 42.8 Å². The summed E-state index contributed by atoms with van der Waals surface area (Å²) in [5.41, 5.74) is 5.24. The van der Waals surface area contributed by atoms with Gasteiger partial charge in [-0.1, -0.05) is 48.5 Å². The second kappa shape index (κ2) is 9.97. The number of nitrogens with one attached hydrogen (secondary N) is 1. The van der Waals surface area contributed by atoms with Gasteiger partial charge in [0.15, 0.2) is 11.5 Å². The number of rotatable bonds is 7. The van der Waals surface area contributed by atoms with Crippen molar-refractivity contribution < 1.29 is 14.3 Å². The van der Waals surface area contributed by atoms with Crippen LogP contribution < -0.4 is 10.1 Å². The molecule has 2 aliphatic heterocycles. The van der Waals surface area contributed by atoms with E-state index in [4.69, 9.17) is 9.15 Å². The highest BCUT2D eigenvalue weighted by Gasteiger charge is 2.23. The van der Waals surface area contributed by atoms with Gasteiger partial charge in [-0.2, -0.15) is 0 Å². The van der Waals surface area contributed by atoms with E-state index in [-0.39, 0.29) is 5.75 Å². The Morgan fingerprint density at radius 2 is 1.78 bits per heavy atom. The summed E-state index contributed by atoms with van der Waals surface area (Å²) < 4.78 is 12.6. The Morgan fingerprint density at radius 3 is 2.64 bits per heavy atom. The first-order valence-corrected chi connectivity index (χ1v) is 12.4. The van der Waals surface area contributed by atoms with Crippen molar-refractivity contribution in [2.75, 3.05) is 32.8 Å². The molecule has 0 unspecified atom stereocenters. The van der Waals surface area contributed by atoms with Crippen LogP contribution in [0.3, 0.4) is 0 Å². The summed E-state index contributed by atoms with van der Waals surface area (Å²) in [5.74, 6) is 1.27. The van der Waals surface area contributed by atoms with Gasteiger partial charge in [-0.25, -0.2) is 0 Å². The molecule has 2 aliphatic rings. The monoisotopic (exact) mass is 480 g/mol. The number of piperazine rings is 1. The molecule has 7 nitrogen and oxygen atoms in total. The summed E-state index contributed by atoms with van der Waals surface area (Å²) in [4.78, 5) is 2.38. The Hall–Kier alpha value is -3.94. The topological polar surface area (TPSA) is 82.6 Å². The van der Waals surface area contributed by atoms with Gasteiger partial charge in [0.1, 0.15) is 11.3 Å². The van der Waals surface area contributed by atoms with Crippen LogP contribution in [0.2, 0.25) is 0 Å². The summed E-state index contributed by atoms with van der Waals surface area (Å²) >= 11 is 0. The number of benzene rings is 3. The number of nitrogens with zero attached hydrogens (tertiary/aromatic N) is 3. The Balaban J connectivity index is 1.35. The van der Waals surface area contributed by atoms with Gasteiger partial charge in [-0.3, -0.25) is 4.90 Å². The maximum Gasteiger partial charge on any atom is 0.172 e. The third-order valence-corrected chi connectivity index (χ3v) is 6.71. The minimum absolute atomic E-state index is 0.106. The first-order valence-electron chi connectivity index (χ1n) is 12.4. The molecule has 1 fully saturated rings. The fourth-order valence-electron chi connectivity index (χ4n) is 4.77. The molecule has 0 saturated carbocycles. The van der Waals surface area contributed by atoms with E-state index in [1.807, 2.05) is 54.6 Å². The lowest BCUT2D eigenvalue weighted by Crippen LogP contribution is -2.42. The summed E-state index contributed by atoms with van der Waals surface area (Å²) in [5, 5.41) is 23.7.